The Kier molecular flexibility index (Phi) is 12.6. The molecule has 2 N–H and O–H groups in total. The Balaban J connectivity index is 0.987. The number of unbranched alkanes of at least 4 members (excludes halogenated alkanes) is 3. The van der Waals surface area contributed by atoms with Crippen LogP contribution in [0, 0.1) is 6.92 Å². The van der Waals surface area contributed by atoms with Gasteiger partial charge in [0.1, 0.15) is 11.9 Å². The van der Waals surface area contributed by atoms with Crippen LogP contribution in [0.25, 0.3) is 22.6 Å². The Bertz CT molecular complexity index is 1980. The van der Waals surface area contributed by atoms with Gasteiger partial charge in [0.05, 0.1) is 55.9 Å². The lowest BCUT2D eigenvalue weighted by Gasteiger charge is -2.29. The van der Waals surface area contributed by atoms with Crippen molar-refractivity contribution in [3.8, 4) is 68.6 Å². The number of rotatable bonds is 18. The molecule has 1 unspecified atom stereocenters. The molecular formula is C42H49N3O9. The van der Waals surface area contributed by atoms with E-state index in [0.717, 1.165) is 66.1 Å². The topological polar surface area (TPSA) is 124 Å². The second kappa shape index (κ2) is 17.8. The van der Waals surface area contributed by atoms with E-state index in [9.17, 15) is 0 Å². The Morgan fingerprint density at radius 1 is 0.611 bits per heavy atom. The van der Waals surface area contributed by atoms with E-state index in [2.05, 4.69) is 47.0 Å². The number of ether oxygens (including phenoxy) is 8. The van der Waals surface area contributed by atoms with E-state index in [-0.39, 0.29) is 6.17 Å². The van der Waals surface area contributed by atoms with Crippen LogP contribution < -0.4 is 48.5 Å². The second-order valence-corrected chi connectivity index (χ2v) is 12.8. The summed E-state index contributed by atoms with van der Waals surface area (Å²) < 4.78 is 51.6. The number of nitrogens with zero attached hydrogens (tertiary/aromatic N) is 1. The van der Waals surface area contributed by atoms with Crippen LogP contribution in [0.5, 0.6) is 46.0 Å². The molecule has 1 aromatic heterocycles. The van der Waals surface area contributed by atoms with Gasteiger partial charge >= 0.3 is 0 Å². The van der Waals surface area contributed by atoms with Crippen molar-refractivity contribution in [2.24, 2.45) is 0 Å². The van der Waals surface area contributed by atoms with E-state index < -0.39 is 0 Å². The first kappa shape index (κ1) is 38.0. The summed E-state index contributed by atoms with van der Waals surface area (Å²) in [7, 11) is 9.56. The van der Waals surface area contributed by atoms with Gasteiger partial charge in [-0.25, -0.2) is 0 Å². The molecule has 0 amide bonds. The fraction of sp³-hybridized carbons (Fsp3) is 0.357. The SMILES string of the molecule is COc1cc(C2NCc3cc(C)ccc3N2)ccc1OCCCCCCOc1c(OC)cc(-c2cc(-c3cc(OC)c(OC)c(OC)c3)on2)cc1OC. The van der Waals surface area contributed by atoms with Crippen molar-refractivity contribution in [3.05, 3.63) is 83.4 Å². The molecule has 0 radical (unpaired) electrons. The van der Waals surface area contributed by atoms with Crippen molar-refractivity contribution in [1.82, 2.24) is 10.5 Å². The number of aromatic nitrogens is 1. The van der Waals surface area contributed by atoms with Crippen molar-refractivity contribution >= 4 is 5.69 Å². The summed E-state index contributed by atoms with van der Waals surface area (Å²) in [5.74, 6) is 5.10. The first-order valence-corrected chi connectivity index (χ1v) is 18.0. The molecule has 2 heterocycles. The third-order valence-electron chi connectivity index (χ3n) is 9.34. The summed E-state index contributed by atoms with van der Waals surface area (Å²) in [6.45, 7) is 4.01. The lowest BCUT2D eigenvalue weighted by Crippen LogP contribution is -2.32. The minimum Gasteiger partial charge on any atom is -0.493 e. The summed E-state index contributed by atoms with van der Waals surface area (Å²) in [4.78, 5) is 0. The van der Waals surface area contributed by atoms with Crippen LogP contribution in [0.2, 0.25) is 0 Å². The molecule has 0 bridgehead atoms. The Morgan fingerprint density at radius 2 is 1.24 bits per heavy atom. The average Bonchev–Trinajstić information content (AvgIpc) is 3.71. The maximum absolute atomic E-state index is 6.19. The summed E-state index contributed by atoms with van der Waals surface area (Å²) in [6, 6.07) is 21.7. The summed E-state index contributed by atoms with van der Waals surface area (Å²) in [5, 5.41) is 11.5. The Morgan fingerprint density at radius 3 is 1.89 bits per heavy atom. The summed E-state index contributed by atoms with van der Waals surface area (Å²) in [6.07, 6.45) is 3.73. The maximum atomic E-state index is 6.19. The molecule has 1 aliphatic rings. The zero-order valence-corrected chi connectivity index (χ0v) is 32.0. The van der Waals surface area contributed by atoms with Crippen LogP contribution in [0.3, 0.4) is 0 Å². The second-order valence-electron chi connectivity index (χ2n) is 12.8. The molecule has 4 aromatic carbocycles. The molecule has 0 saturated heterocycles. The number of methoxy groups -OCH3 is 6. The third-order valence-corrected chi connectivity index (χ3v) is 9.34. The van der Waals surface area contributed by atoms with Gasteiger partial charge in [0.2, 0.25) is 11.5 Å². The molecule has 0 saturated carbocycles. The van der Waals surface area contributed by atoms with Gasteiger partial charge in [-0.15, -0.1) is 0 Å². The van der Waals surface area contributed by atoms with E-state index in [1.54, 1.807) is 54.8 Å². The number of hydrogen-bond donors (Lipinski definition) is 2. The van der Waals surface area contributed by atoms with Gasteiger partial charge < -0.3 is 47.7 Å². The lowest BCUT2D eigenvalue weighted by atomic mass is 10.0. The molecule has 286 valence electrons. The number of nitrogens with one attached hydrogen (secondary N) is 2. The van der Waals surface area contributed by atoms with Gasteiger partial charge in [-0.05, 0) is 86.2 Å². The number of anilines is 1. The predicted octanol–water partition coefficient (Wildman–Crippen LogP) is 8.60. The Labute approximate surface area is 316 Å². The number of hydrogen-bond acceptors (Lipinski definition) is 12. The monoisotopic (exact) mass is 739 g/mol. The first-order valence-electron chi connectivity index (χ1n) is 18.0. The molecule has 12 nitrogen and oxygen atoms in total. The van der Waals surface area contributed by atoms with Crippen LogP contribution in [0.4, 0.5) is 5.69 Å². The quantitative estimate of drug-likeness (QED) is 0.0837. The van der Waals surface area contributed by atoms with Crippen LogP contribution in [-0.4, -0.2) is 61.0 Å². The fourth-order valence-electron chi connectivity index (χ4n) is 6.47. The zero-order chi connectivity index (χ0) is 38.0. The van der Waals surface area contributed by atoms with Crippen LogP contribution in [0.15, 0.2) is 71.3 Å². The van der Waals surface area contributed by atoms with Crippen molar-refractivity contribution in [2.75, 3.05) is 61.2 Å². The van der Waals surface area contributed by atoms with Gasteiger partial charge in [-0.3, -0.25) is 5.32 Å². The van der Waals surface area contributed by atoms with Crippen LogP contribution >= 0.6 is 0 Å². The van der Waals surface area contributed by atoms with E-state index in [1.807, 2.05) is 30.3 Å². The van der Waals surface area contributed by atoms with Crippen LogP contribution in [-0.2, 0) is 6.54 Å². The molecule has 5 aromatic rings. The molecule has 0 fully saturated rings. The average molecular weight is 740 g/mol. The smallest absolute Gasteiger partial charge is 0.203 e. The van der Waals surface area contributed by atoms with Gasteiger partial charge in [0, 0.05) is 29.4 Å². The standard InChI is InChI=1S/C42H49N3O9/c1-26-12-14-31-30(18-26)25-43-42(44-31)27-13-15-33(35(19-27)46-2)52-16-10-8-9-11-17-53-41-38(49-5)20-28(21-39(41)50-6)32-24-34(54-45-32)29-22-36(47-3)40(51-7)37(23-29)48-4/h12-15,18-24,42-44H,8-11,16-17,25H2,1-7H3. The summed E-state index contributed by atoms with van der Waals surface area (Å²) in [5.41, 5.74) is 6.82. The molecule has 12 heteroatoms. The predicted molar refractivity (Wildman–Crippen MR) is 207 cm³/mol. The molecule has 54 heavy (non-hydrogen) atoms. The van der Waals surface area contributed by atoms with Crippen LogP contribution in [0.1, 0.15) is 48.5 Å². The minimum absolute atomic E-state index is 0.00779. The molecular weight excluding hydrogens is 690 g/mol. The number of benzene rings is 4. The molecule has 0 spiro atoms. The van der Waals surface area contributed by atoms with E-state index in [1.165, 1.54) is 11.1 Å². The minimum atomic E-state index is -0.00779. The van der Waals surface area contributed by atoms with E-state index in [4.69, 9.17) is 42.4 Å². The highest BCUT2D eigenvalue weighted by molar-refractivity contribution is 5.74. The highest BCUT2D eigenvalue weighted by Crippen LogP contribution is 2.44. The van der Waals surface area contributed by atoms with Crippen molar-refractivity contribution in [1.29, 1.82) is 0 Å². The van der Waals surface area contributed by atoms with Crippen molar-refractivity contribution < 1.29 is 42.4 Å². The lowest BCUT2D eigenvalue weighted by molar-refractivity contribution is 0.261. The first-order chi connectivity index (χ1) is 26.4. The maximum Gasteiger partial charge on any atom is 0.203 e. The third kappa shape index (κ3) is 8.55. The van der Waals surface area contributed by atoms with E-state index in [0.29, 0.717) is 59.2 Å². The number of fused-ring (bicyclic) bond motifs is 1. The highest BCUT2D eigenvalue weighted by Gasteiger charge is 2.22. The molecule has 1 aliphatic heterocycles. The molecule has 0 aliphatic carbocycles. The fourth-order valence-corrected chi connectivity index (χ4v) is 6.47. The van der Waals surface area contributed by atoms with Gasteiger partial charge in [-0.2, -0.15) is 0 Å². The highest BCUT2D eigenvalue weighted by atomic mass is 16.5. The van der Waals surface area contributed by atoms with E-state index >= 15 is 0 Å². The largest absolute Gasteiger partial charge is 0.493 e. The van der Waals surface area contributed by atoms with Gasteiger partial charge in [-0.1, -0.05) is 28.9 Å². The molecule has 1 atom stereocenters. The van der Waals surface area contributed by atoms with Crippen molar-refractivity contribution in [2.45, 2.75) is 45.3 Å². The number of aryl methyl sites for hydroxylation is 1. The Hall–Kier alpha value is -5.75. The van der Waals surface area contributed by atoms with Gasteiger partial charge in [0.15, 0.2) is 40.3 Å². The molecule has 6 rings (SSSR count). The van der Waals surface area contributed by atoms with Crippen molar-refractivity contribution in [3.63, 3.8) is 0 Å². The van der Waals surface area contributed by atoms with Gasteiger partial charge in [0.25, 0.3) is 0 Å². The zero-order valence-electron chi connectivity index (χ0n) is 32.0. The normalized spacial score (nSPS) is 13.4. The summed E-state index contributed by atoms with van der Waals surface area (Å²) >= 11 is 0.